The van der Waals surface area contributed by atoms with Crippen molar-refractivity contribution in [1.82, 2.24) is 0 Å². The van der Waals surface area contributed by atoms with Crippen molar-refractivity contribution in [3.8, 4) is 0 Å². The second-order valence-corrected chi connectivity index (χ2v) is 3.32. The molecule has 90 valence electrons. The van der Waals surface area contributed by atoms with Gasteiger partial charge < -0.3 is 22.9 Å². The van der Waals surface area contributed by atoms with Crippen molar-refractivity contribution in [2.45, 2.75) is 6.42 Å². The molecule has 7 heteroatoms. The van der Waals surface area contributed by atoms with Gasteiger partial charge in [0.1, 0.15) is 0 Å². The van der Waals surface area contributed by atoms with Crippen LogP contribution in [-0.4, -0.2) is 17.8 Å². The molecule has 1 aromatic rings. The number of aliphatic imine (C=N–C) groups is 2. The lowest BCUT2D eigenvalue weighted by Crippen LogP contribution is -2.26. The Morgan fingerprint density at radius 1 is 1.06 bits per heavy atom. The van der Waals surface area contributed by atoms with E-state index in [2.05, 4.69) is 9.98 Å². The third-order valence-corrected chi connectivity index (χ3v) is 1.80. The molecule has 1 amide bonds. The Morgan fingerprint density at radius 3 is 2.12 bits per heavy atom. The van der Waals surface area contributed by atoms with Crippen LogP contribution in [0.15, 0.2) is 34.3 Å². The molecule has 0 atom stereocenters. The second-order valence-electron chi connectivity index (χ2n) is 3.32. The Morgan fingerprint density at radius 2 is 1.65 bits per heavy atom. The van der Waals surface area contributed by atoms with Gasteiger partial charge >= 0.3 is 0 Å². The number of carbonyl (C=O) groups excluding carboxylic acids is 1. The number of nitrogens with zero attached hydrogens (tertiary/aromatic N) is 2. The number of hydrogen-bond acceptors (Lipinski definition) is 2. The summed E-state index contributed by atoms with van der Waals surface area (Å²) in [5.74, 6) is -0.578. The van der Waals surface area contributed by atoms with Crippen LogP contribution in [0.3, 0.4) is 0 Å². The van der Waals surface area contributed by atoms with Crippen molar-refractivity contribution < 1.29 is 4.79 Å². The van der Waals surface area contributed by atoms with Crippen molar-refractivity contribution >= 4 is 23.5 Å². The Kier molecular flexibility index (Phi) is 4.04. The zero-order valence-corrected chi connectivity index (χ0v) is 9.13. The summed E-state index contributed by atoms with van der Waals surface area (Å²) >= 11 is 0. The van der Waals surface area contributed by atoms with Crippen molar-refractivity contribution in [2.75, 3.05) is 0 Å². The topological polar surface area (TPSA) is 146 Å². The Hall–Kier alpha value is -2.57. The van der Waals surface area contributed by atoms with Crippen molar-refractivity contribution in [3.05, 3.63) is 29.8 Å². The third kappa shape index (κ3) is 4.65. The summed E-state index contributed by atoms with van der Waals surface area (Å²) in [6.07, 6.45) is 0.188. The van der Waals surface area contributed by atoms with Crippen LogP contribution in [0.25, 0.3) is 0 Å². The SMILES string of the molecule is NC(=O)Cc1ccc(N=C(N)N=C(N)N)cc1. The number of amides is 1. The molecule has 1 rings (SSSR count). The van der Waals surface area contributed by atoms with Crippen LogP contribution in [-0.2, 0) is 11.2 Å². The van der Waals surface area contributed by atoms with E-state index in [4.69, 9.17) is 22.9 Å². The summed E-state index contributed by atoms with van der Waals surface area (Å²) in [5, 5.41) is 0. The maximum atomic E-state index is 10.7. The van der Waals surface area contributed by atoms with Gasteiger partial charge in [0.2, 0.25) is 11.9 Å². The van der Waals surface area contributed by atoms with Gasteiger partial charge in [-0.3, -0.25) is 4.79 Å². The summed E-state index contributed by atoms with van der Waals surface area (Å²) < 4.78 is 0. The lowest BCUT2D eigenvalue weighted by molar-refractivity contribution is -0.117. The van der Waals surface area contributed by atoms with E-state index in [0.717, 1.165) is 5.56 Å². The molecule has 0 radical (unpaired) electrons. The number of rotatable bonds is 3. The summed E-state index contributed by atoms with van der Waals surface area (Å²) in [6, 6.07) is 6.83. The summed E-state index contributed by atoms with van der Waals surface area (Å²) in [4.78, 5) is 18.2. The lowest BCUT2D eigenvalue weighted by atomic mass is 10.1. The number of guanidine groups is 2. The van der Waals surface area contributed by atoms with E-state index in [0.29, 0.717) is 5.69 Å². The largest absolute Gasteiger partial charge is 0.370 e. The average molecular weight is 234 g/mol. The summed E-state index contributed by atoms with van der Waals surface area (Å²) in [5.41, 5.74) is 22.2. The van der Waals surface area contributed by atoms with E-state index in [-0.39, 0.29) is 24.2 Å². The summed E-state index contributed by atoms with van der Waals surface area (Å²) in [7, 11) is 0. The monoisotopic (exact) mass is 234 g/mol. The minimum Gasteiger partial charge on any atom is -0.370 e. The predicted octanol–water partition coefficient (Wildman–Crippen LogP) is -1.07. The second kappa shape index (κ2) is 5.50. The molecule has 0 aliphatic heterocycles. The molecule has 1 aromatic carbocycles. The highest BCUT2D eigenvalue weighted by Crippen LogP contribution is 2.13. The predicted molar refractivity (Wildman–Crippen MR) is 66.4 cm³/mol. The maximum absolute atomic E-state index is 10.7. The van der Waals surface area contributed by atoms with Gasteiger partial charge in [0.15, 0.2) is 5.96 Å². The van der Waals surface area contributed by atoms with Gasteiger partial charge in [0.05, 0.1) is 12.1 Å². The van der Waals surface area contributed by atoms with Gasteiger partial charge in [-0.2, -0.15) is 4.99 Å². The normalized spacial score (nSPS) is 10.9. The highest BCUT2D eigenvalue weighted by atomic mass is 16.1. The fourth-order valence-corrected chi connectivity index (χ4v) is 1.18. The first-order valence-corrected chi connectivity index (χ1v) is 4.78. The maximum Gasteiger partial charge on any atom is 0.223 e. The first-order chi connectivity index (χ1) is 7.97. The summed E-state index contributed by atoms with van der Waals surface area (Å²) in [6.45, 7) is 0. The van der Waals surface area contributed by atoms with Crippen molar-refractivity contribution in [2.24, 2.45) is 32.9 Å². The van der Waals surface area contributed by atoms with Gasteiger partial charge in [0.25, 0.3) is 0 Å². The Balaban J connectivity index is 2.81. The van der Waals surface area contributed by atoms with Crippen molar-refractivity contribution in [1.29, 1.82) is 0 Å². The average Bonchev–Trinajstić information content (AvgIpc) is 2.18. The minimum absolute atomic E-state index is 0.0346. The fraction of sp³-hybridized carbons (Fsp3) is 0.100. The molecule has 0 aliphatic carbocycles. The molecule has 7 nitrogen and oxygen atoms in total. The van der Waals surface area contributed by atoms with Crippen LogP contribution in [0.5, 0.6) is 0 Å². The number of benzene rings is 1. The molecule has 0 saturated heterocycles. The molecule has 0 bridgehead atoms. The molecule has 0 unspecified atom stereocenters. The standard InChI is InChI=1S/C10H14N6O/c11-8(17)5-6-1-3-7(4-2-6)15-10(14)16-9(12)13/h1-4H,5H2,(H2,11,17)(H6,12,13,14,15,16). The molecular weight excluding hydrogens is 220 g/mol. The molecule has 0 saturated carbocycles. The third-order valence-electron chi connectivity index (χ3n) is 1.80. The van der Waals surface area contributed by atoms with Crippen LogP contribution in [0, 0.1) is 0 Å². The minimum atomic E-state index is -0.388. The smallest absolute Gasteiger partial charge is 0.223 e. The van der Waals surface area contributed by atoms with E-state index < -0.39 is 0 Å². The molecule has 17 heavy (non-hydrogen) atoms. The Bertz CT molecular complexity index is 458. The molecule has 0 fully saturated rings. The Labute approximate surface area is 98.2 Å². The van der Waals surface area contributed by atoms with Crippen LogP contribution in [0.2, 0.25) is 0 Å². The van der Waals surface area contributed by atoms with Gasteiger partial charge in [0, 0.05) is 0 Å². The van der Waals surface area contributed by atoms with E-state index >= 15 is 0 Å². The molecule has 0 spiro atoms. The van der Waals surface area contributed by atoms with E-state index in [1.807, 2.05) is 0 Å². The number of hydrogen-bond donors (Lipinski definition) is 4. The quantitative estimate of drug-likeness (QED) is 0.389. The molecule has 0 aromatic heterocycles. The number of primary amides is 1. The van der Waals surface area contributed by atoms with Crippen LogP contribution < -0.4 is 22.9 Å². The van der Waals surface area contributed by atoms with Gasteiger partial charge in [-0.25, -0.2) is 4.99 Å². The number of carbonyl (C=O) groups is 1. The van der Waals surface area contributed by atoms with Crippen LogP contribution in [0.1, 0.15) is 5.56 Å². The zero-order chi connectivity index (χ0) is 12.8. The van der Waals surface area contributed by atoms with Crippen molar-refractivity contribution in [3.63, 3.8) is 0 Å². The lowest BCUT2D eigenvalue weighted by Gasteiger charge is -1.99. The highest BCUT2D eigenvalue weighted by molar-refractivity contribution is 5.93. The first kappa shape index (κ1) is 12.5. The van der Waals surface area contributed by atoms with Gasteiger partial charge in [-0.05, 0) is 17.7 Å². The molecule has 0 heterocycles. The van der Waals surface area contributed by atoms with E-state index in [1.54, 1.807) is 24.3 Å². The van der Waals surface area contributed by atoms with Crippen LogP contribution >= 0.6 is 0 Å². The first-order valence-electron chi connectivity index (χ1n) is 4.78. The van der Waals surface area contributed by atoms with E-state index in [1.165, 1.54) is 0 Å². The molecule has 8 N–H and O–H groups in total. The van der Waals surface area contributed by atoms with Gasteiger partial charge in [-0.15, -0.1) is 0 Å². The highest BCUT2D eigenvalue weighted by Gasteiger charge is 1.98. The van der Waals surface area contributed by atoms with Gasteiger partial charge in [-0.1, -0.05) is 12.1 Å². The molecule has 0 aliphatic rings. The molecular formula is C10H14N6O. The fourth-order valence-electron chi connectivity index (χ4n) is 1.18. The zero-order valence-electron chi connectivity index (χ0n) is 9.13. The van der Waals surface area contributed by atoms with Crippen LogP contribution in [0.4, 0.5) is 5.69 Å². The van der Waals surface area contributed by atoms with E-state index in [9.17, 15) is 4.79 Å². The number of nitrogens with two attached hydrogens (primary N) is 4.